The fourth-order valence-electron chi connectivity index (χ4n) is 3.01. The van der Waals surface area contributed by atoms with Crippen LogP contribution in [-0.4, -0.2) is 30.1 Å². The molecule has 0 amide bonds. The van der Waals surface area contributed by atoms with E-state index in [4.69, 9.17) is 5.73 Å². The minimum atomic E-state index is 0.501. The van der Waals surface area contributed by atoms with E-state index >= 15 is 0 Å². The summed E-state index contributed by atoms with van der Waals surface area (Å²) in [5.74, 6) is 0.801. The summed E-state index contributed by atoms with van der Waals surface area (Å²) >= 11 is 0. The molecule has 0 spiro atoms. The van der Waals surface area contributed by atoms with E-state index in [1.54, 1.807) is 0 Å². The molecule has 2 rings (SSSR count). The van der Waals surface area contributed by atoms with E-state index in [2.05, 4.69) is 18.9 Å². The standard InChI is InChI=1S/C9H18N2/c1-3-9-7-4-6(11(9)2)5-8(7)10/h6-9H,3-5,10H2,1-2H3/t6?,7?,8-,9-/m1/s1. The molecule has 11 heavy (non-hydrogen) atoms. The molecule has 2 aliphatic rings. The van der Waals surface area contributed by atoms with E-state index in [-0.39, 0.29) is 0 Å². The van der Waals surface area contributed by atoms with Crippen molar-refractivity contribution in [1.29, 1.82) is 0 Å². The fraction of sp³-hybridized carbons (Fsp3) is 1.00. The van der Waals surface area contributed by atoms with Crippen LogP contribution in [0.5, 0.6) is 0 Å². The average molecular weight is 154 g/mol. The first kappa shape index (κ1) is 7.56. The maximum atomic E-state index is 6.02. The Morgan fingerprint density at radius 2 is 2.18 bits per heavy atom. The zero-order chi connectivity index (χ0) is 8.01. The summed E-state index contributed by atoms with van der Waals surface area (Å²) in [5.41, 5.74) is 6.02. The second-order valence-corrected chi connectivity index (χ2v) is 4.09. The Bertz CT molecular complexity index is 158. The highest BCUT2D eigenvalue weighted by molar-refractivity contribution is 5.03. The van der Waals surface area contributed by atoms with Crippen molar-refractivity contribution in [3.05, 3.63) is 0 Å². The van der Waals surface area contributed by atoms with Crippen LogP contribution < -0.4 is 5.73 Å². The van der Waals surface area contributed by atoms with Gasteiger partial charge < -0.3 is 10.6 Å². The van der Waals surface area contributed by atoms with Crippen LogP contribution in [0.1, 0.15) is 26.2 Å². The molecular weight excluding hydrogens is 136 g/mol. The van der Waals surface area contributed by atoms with Gasteiger partial charge in [0, 0.05) is 18.1 Å². The highest BCUT2D eigenvalue weighted by Gasteiger charge is 2.47. The second-order valence-electron chi connectivity index (χ2n) is 4.09. The van der Waals surface area contributed by atoms with Gasteiger partial charge in [-0.15, -0.1) is 0 Å². The number of nitrogens with zero attached hydrogens (tertiary/aromatic N) is 1. The van der Waals surface area contributed by atoms with Gasteiger partial charge in [-0.2, -0.15) is 0 Å². The molecule has 0 aromatic heterocycles. The minimum Gasteiger partial charge on any atom is -0.327 e. The van der Waals surface area contributed by atoms with Crippen molar-refractivity contribution in [2.24, 2.45) is 11.7 Å². The summed E-state index contributed by atoms with van der Waals surface area (Å²) in [6.45, 7) is 2.27. The predicted molar refractivity (Wildman–Crippen MR) is 46.3 cm³/mol. The zero-order valence-corrected chi connectivity index (χ0v) is 7.46. The molecule has 1 saturated heterocycles. The van der Waals surface area contributed by atoms with Crippen molar-refractivity contribution >= 4 is 0 Å². The Hall–Kier alpha value is -0.0800. The van der Waals surface area contributed by atoms with Gasteiger partial charge in [0.2, 0.25) is 0 Å². The molecule has 1 heterocycles. The van der Waals surface area contributed by atoms with Gasteiger partial charge in [0.15, 0.2) is 0 Å². The van der Waals surface area contributed by atoms with Crippen LogP contribution in [0.2, 0.25) is 0 Å². The lowest BCUT2D eigenvalue weighted by Crippen LogP contribution is -2.46. The summed E-state index contributed by atoms with van der Waals surface area (Å²) in [6, 6.07) is 2.09. The van der Waals surface area contributed by atoms with Crippen LogP contribution in [0.3, 0.4) is 0 Å². The van der Waals surface area contributed by atoms with Gasteiger partial charge in [0.05, 0.1) is 0 Å². The highest BCUT2D eigenvalue weighted by Crippen LogP contribution is 2.41. The number of fused-ring (bicyclic) bond motifs is 2. The first-order valence-corrected chi connectivity index (χ1v) is 4.71. The molecule has 2 unspecified atom stereocenters. The van der Waals surface area contributed by atoms with Crippen molar-refractivity contribution in [3.63, 3.8) is 0 Å². The number of rotatable bonds is 1. The van der Waals surface area contributed by atoms with Gasteiger partial charge in [-0.1, -0.05) is 6.92 Å². The summed E-state index contributed by atoms with van der Waals surface area (Å²) < 4.78 is 0. The molecule has 1 aliphatic carbocycles. The van der Waals surface area contributed by atoms with Crippen LogP contribution >= 0.6 is 0 Å². The monoisotopic (exact) mass is 154 g/mol. The summed E-state index contributed by atoms with van der Waals surface area (Å²) in [5, 5.41) is 0. The summed E-state index contributed by atoms with van der Waals surface area (Å²) in [4.78, 5) is 2.54. The maximum Gasteiger partial charge on any atom is 0.0136 e. The Morgan fingerprint density at radius 3 is 2.64 bits per heavy atom. The lowest BCUT2D eigenvalue weighted by molar-refractivity contribution is 0.157. The maximum absolute atomic E-state index is 6.02. The van der Waals surface area contributed by atoms with Gasteiger partial charge in [0.1, 0.15) is 0 Å². The normalized spacial score (nSPS) is 50.5. The Morgan fingerprint density at radius 1 is 1.45 bits per heavy atom. The van der Waals surface area contributed by atoms with Gasteiger partial charge in [0.25, 0.3) is 0 Å². The highest BCUT2D eigenvalue weighted by atomic mass is 15.2. The largest absolute Gasteiger partial charge is 0.327 e. The van der Waals surface area contributed by atoms with Crippen LogP contribution in [0.4, 0.5) is 0 Å². The quantitative estimate of drug-likeness (QED) is 0.606. The van der Waals surface area contributed by atoms with E-state index in [1.165, 1.54) is 19.3 Å². The van der Waals surface area contributed by atoms with Crippen LogP contribution in [0.15, 0.2) is 0 Å². The molecule has 2 N–H and O–H groups in total. The Kier molecular flexibility index (Phi) is 1.69. The second kappa shape index (κ2) is 2.46. The topological polar surface area (TPSA) is 29.3 Å². The van der Waals surface area contributed by atoms with E-state index in [1.807, 2.05) is 0 Å². The lowest BCUT2D eigenvalue weighted by atomic mass is 9.93. The third-order valence-electron chi connectivity index (χ3n) is 3.65. The molecule has 1 aliphatic heterocycles. The van der Waals surface area contributed by atoms with E-state index < -0.39 is 0 Å². The molecule has 64 valence electrons. The van der Waals surface area contributed by atoms with Crippen LogP contribution in [0.25, 0.3) is 0 Å². The molecule has 2 fully saturated rings. The molecule has 0 aromatic carbocycles. The molecule has 4 atom stereocenters. The van der Waals surface area contributed by atoms with Gasteiger partial charge in [-0.25, -0.2) is 0 Å². The molecule has 2 heteroatoms. The van der Waals surface area contributed by atoms with Gasteiger partial charge >= 0.3 is 0 Å². The van der Waals surface area contributed by atoms with E-state index in [0.717, 1.165) is 18.0 Å². The molecular formula is C9H18N2. The van der Waals surface area contributed by atoms with E-state index in [9.17, 15) is 0 Å². The third kappa shape index (κ3) is 0.926. The molecule has 1 saturated carbocycles. The Labute approximate surface area is 68.7 Å². The smallest absolute Gasteiger partial charge is 0.0136 e. The number of hydrogen-bond donors (Lipinski definition) is 1. The van der Waals surface area contributed by atoms with Crippen molar-refractivity contribution in [2.75, 3.05) is 7.05 Å². The van der Waals surface area contributed by atoms with Crippen LogP contribution in [-0.2, 0) is 0 Å². The molecule has 2 bridgehead atoms. The number of nitrogens with two attached hydrogens (primary N) is 1. The van der Waals surface area contributed by atoms with Crippen molar-refractivity contribution in [2.45, 2.75) is 44.3 Å². The molecule has 0 radical (unpaired) electrons. The summed E-state index contributed by atoms with van der Waals surface area (Å²) in [7, 11) is 2.25. The number of likely N-dealkylation sites (tertiary alicyclic amines) is 1. The van der Waals surface area contributed by atoms with Crippen molar-refractivity contribution < 1.29 is 0 Å². The van der Waals surface area contributed by atoms with Crippen LogP contribution in [0, 0.1) is 5.92 Å². The van der Waals surface area contributed by atoms with Crippen molar-refractivity contribution in [3.8, 4) is 0 Å². The minimum absolute atomic E-state index is 0.501. The Balaban J connectivity index is 2.13. The average Bonchev–Trinajstić information content (AvgIpc) is 2.45. The first-order chi connectivity index (χ1) is 5.24. The lowest BCUT2D eigenvalue weighted by Gasteiger charge is -2.34. The molecule has 2 nitrogen and oxygen atoms in total. The first-order valence-electron chi connectivity index (χ1n) is 4.71. The van der Waals surface area contributed by atoms with Gasteiger partial charge in [-0.3, -0.25) is 0 Å². The SMILES string of the molecule is CC[C@@H]1C2CC(C[C@H]2N)N1C. The number of hydrogen-bond acceptors (Lipinski definition) is 2. The van der Waals surface area contributed by atoms with Gasteiger partial charge in [-0.05, 0) is 32.2 Å². The van der Waals surface area contributed by atoms with E-state index in [0.29, 0.717) is 6.04 Å². The predicted octanol–water partition coefficient (Wildman–Crippen LogP) is 0.816. The summed E-state index contributed by atoms with van der Waals surface area (Å²) in [6.07, 6.45) is 3.86. The number of piperidine rings is 1. The third-order valence-corrected chi connectivity index (χ3v) is 3.65. The molecule has 0 aromatic rings. The fourth-order valence-corrected chi connectivity index (χ4v) is 3.01. The zero-order valence-electron chi connectivity index (χ0n) is 7.46. The van der Waals surface area contributed by atoms with Crippen molar-refractivity contribution in [1.82, 2.24) is 4.90 Å².